The molecule has 10 amide bonds. The maximum atomic E-state index is 14.6. The number of aliphatic imine (C=N–C) groups is 1. The maximum Gasteiger partial charge on any atom is 2.00 e. The second-order valence-electron chi connectivity index (χ2n) is 24.8. The van der Waals surface area contributed by atoms with Gasteiger partial charge in [-0.15, -0.1) is 0 Å². The number of ether oxygens (including phenoxy) is 1. The van der Waals surface area contributed by atoms with E-state index in [0.29, 0.717) is 51.0 Å². The smallest absolute Gasteiger partial charge is 0.550 e. The number of guanidine groups is 1. The van der Waals surface area contributed by atoms with Gasteiger partial charge in [0.2, 0.25) is 64.9 Å². The first-order valence-corrected chi connectivity index (χ1v) is 35.0. The Morgan fingerprint density at radius 2 is 1.11 bits per heavy atom. The molecule has 3 aliphatic rings. The molecule has 572 valence electrons. The summed E-state index contributed by atoms with van der Waals surface area (Å²) in [5, 5.41) is 55.7. The van der Waals surface area contributed by atoms with E-state index in [1.807, 2.05) is 19.9 Å². The second kappa shape index (κ2) is 38.3. The van der Waals surface area contributed by atoms with Gasteiger partial charge in [-0.25, -0.2) is 4.79 Å². The number of rotatable bonds is 34. The molecular weight excluding hydrogens is 1550 g/mol. The number of ketones is 2. The number of nitrogens with zero attached hydrogens (tertiary/aromatic N) is 3. The quantitative estimate of drug-likeness (QED) is 0.00387. The number of thiol groups is 4. The van der Waals surface area contributed by atoms with Crippen LogP contribution < -0.4 is 75.3 Å². The van der Waals surface area contributed by atoms with Gasteiger partial charge in [0.25, 0.3) is 5.60 Å². The first-order valence-electron chi connectivity index (χ1n) is 32.5. The van der Waals surface area contributed by atoms with Gasteiger partial charge in [-0.05, 0) is 69.4 Å². The zero-order valence-corrected chi connectivity index (χ0v) is 62.9. The number of aliphatic hydroxyl groups is 1. The molecule has 0 saturated heterocycles. The van der Waals surface area contributed by atoms with Crippen molar-refractivity contribution in [3.63, 3.8) is 0 Å². The minimum Gasteiger partial charge on any atom is -0.550 e. The van der Waals surface area contributed by atoms with Crippen LogP contribution in [-0.2, 0) is 93.1 Å². The molecule has 8 bridgehead atoms. The molecule has 1 aliphatic carbocycles. The van der Waals surface area contributed by atoms with Crippen LogP contribution in [0.1, 0.15) is 150 Å². The molecule has 3 aromatic rings. The van der Waals surface area contributed by atoms with Crippen molar-refractivity contribution in [3.8, 4) is 0 Å². The van der Waals surface area contributed by atoms with Gasteiger partial charge in [-0.2, -0.15) is 50.5 Å². The van der Waals surface area contributed by atoms with Crippen molar-refractivity contribution in [1.82, 2.24) is 67.8 Å². The van der Waals surface area contributed by atoms with E-state index in [-0.39, 0.29) is 97.2 Å². The number of Topliss-reactive ketones (excluding diaryl/α,β-unsaturated/α-hetero) is 2. The summed E-state index contributed by atoms with van der Waals surface area (Å²) in [6.45, 7) is 8.54. The zero-order valence-electron chi connectivity index (χ0n) is 57.7. The van der Waals surface area contributed by atoms with Crippen molar-refractivity contribution < 1.29 is 112 Å². The van der Waals surface area contributed by atoms with E-state index in [2.05, 4.69) is 113 Å². The van der Waals surface area contributed by atoms with Gasteiger partial charge in [0.1, 0.15) is 36.3 Å². The van der Waals surface area contributed by atoms with Crippen molar-refractivity contribution in [2.45, 2.75) is 152 Å². The number of hydrogen-bond donors (Lipinski definition) is 19. The number of hydrogen-bond acceptors (Lipinski definition) is 27. The van der Waals surface area contributed by atoms with E-state index in [1.54, 1.807) is 32.9 Å². The third-order valence-corrected chi connectivity index (χ3v) is 19.2. The van der Waals surface area contributed by atoms with Gasteiger partial charge in [0, 0.05) is 124 Å². The number of aromatic amines is 2. The fourth-order valence-electron chi connectivity index (χ4n) is 12.1. The molecule has 0 aromatic carbocycles. The molecule has 36 nitrogen and oxygen atoms in total. The number of aromatic nitrogens is 4. The first-order chi connectivity index (χ1) is 49.0. The van der Waals surface area contributed by atoms with Gasteiger partial charge in [-0.1, -0.05) is 20.8 Å². The molecule has 0 saturated carbocycles. The summed E-state index contributed by atoms with van der Waals surface area (Å²) in [6.07, 6.45) is -2.41. The van der Waals surface area contributed by atoms with E-state index < -0.39 is 192 Å². The molecular formula is C64H83N17O19PdS4. The van der Waals surface area contributed by atoms with Crippen LogP contribution in [-0.4, -0.2) is 212 Å². The van der Waals surface area contributed by atoms with Gasteiger partial charge in [0.15, 0.2) is 11.7 Å². The van der Waals surface area contributed by atoms with Crippen LogP contribution in [0, 0.1) is 13.8 Å². The van der Waals surface area contributed by atoms with Gasteiger partial charge >= 0.3 is 26.4 Å². The number of imide groups is 1. The molecule has 2 aliphatic heterocycles. The Kier molecular flexibility index (Phi) is 31.6. The van der Waals surface area contributed by atoms with Crippen LogP contribution in [0.2, 0.25) is 0 Å². The third kappa shape index (κ3) is 21.0. The van der Waals surface area contributed by atoms with Gasteiger partial charge in [-0.3, -0.25) is 77.8 Å². The average molecular weight is 1630 g/mol. The summed E-state index contributed by atoms with van der Waals surface area (Å²) in [5.41, 5.74) is 17.2. The zero-order chi connectivity index (χ0) is 77.5. The fraction of sp³-hybridized carbons (Fsp3) is 0.500. The summed E-state index contributed by atoms with van der Waals surface area (Å²) < 4.78 is 5.05. The Balaban J connectivity index is 0.0000198. The van der Waals surface area contributed by atoms with Crippen molar-refractivity contribution in [2.75, 3.05) is 49.8 Å². The molecule has 0 spiro atoms. The van der Waals surface area contributed by atoms with E-state index in [0.717, 1.165) is 7.11 Å². The Labute approximate surface area is 635 Å². The molecule has 0 fully saturated rings. The number of fused-ring (bicyclic) bond motifs is 8. The second-order valence-corrected chi connectivity index (χ2v) is 26.3. The number of methoxy groups -OCH3 is 1. The van der Waals surface area contributed by atoms with E-state index >= 15 is 0 Å². The molecule has 105 heavy (non-hydrogen) atoms. The number of carbonyl (C=O) groups excluding carboxylic acids is 15. The Morgan fingerprint density at radius 3 is 1.65 bits per heavy atom. The van der Waals surface area contributed by atoms with Crippen LogP contribution in [0.5, 0.6) is 0 Å². The number of nitrogens with two attached hydrogens (primary N) is 3. The average Bonchev–Trinajstić information content (AvgIpc) is 1.54. The molecule has 18 N–H and O–H groups in total. The number of amides is 10. The van der Waals surface area contributed by atoms with E-state index in [4.69, 9.17) is 31.9 Å². The molecule has 5 heterocycles. The Morgan fingerprint density at radius 1 is 0.638 bits per heavy atom. The molecule has 6 rings (SSSR count). The normalized spacial score (nSPS) is 18.3. The summed E-state index contributed by atoms with van der Waals surface area (Å²) in [5.74, 6) is -21.3. The van der Waals surface area contributed by atoms with Crippen LogP contribution >= 0.6 is 50.5 Å². The first kappa shape index (κ1) is 86.7. The largest absolute Gasteiger partial charge is 2.00 e. The topological polar surface area (TPSA) is 588 Å². The van der Waals surface area contributed by atoms with Gasteiger partial charge < -0.3 is 99.3 Å². The van der Waals surface area contributed by atoms with Crippen LogP contribution in [0.15, 0.2) is 23.2 Å². The predicted octanol–water partition coefficient (Wildman–Crippen LogP) is -5.57. The molecule has 1 unspecified atom stereocenters. The Bertz CT molecular complexity index is 4150. The summed E-state index contributed by atoms with van der Waals surface area (Å²) in [4.78, 5) is 220. The summed E-state index contributed by atoms with van der Waals surface area (Å²) in [7, 11) is 0.980. The third-order valence-electron chi connectivity index (χ3n) is 17.7. The number of carbonyl (C=O) groups is 15. The SMILES string of the molecule is CC[C@H]1c2cc3[nH]c4c(c3C)C(=O)C(O)(C(=O)OC)c4c3nc(cc4[nH]c(cc(n2)[C@@H]1C)c(C(C)=O)c4C)[C@@H](C)[C@@H]3CC(=O)NC(=O)[C@H](CS)NC(=O)CNC(=O)[C@H](CS)NC(=O)[C@H](CC(=O)[O-])NC(=O)CNC(=O)[C@H](CCCN=C(N)N)NC(=O)[C@H](CS)NC(=O)[C@H](CC(=O)[O-])NC(=O)[C@@H](N)CS.[Pd+2]. The van der Waals surface area contributed by atoms with Crippen molar-refractivity contribution >= 4 is 167 Å². The molecule has 0 radical (unpaired) electrons. The van der Waals surface area contributed by atoms with Crippen LogP contribution in [0.3, 0.4) is 0 Å². The maximum absolute atomic E-state index is 14.6. The monoisotopic (exact) mass is 1630 g/mol. The molecule has 12 atom stereocenters. The standard InChI is InChI=1S/C64H85N17O19S4.Pd/c1-8-29-24(2)33-15-38-49(28(6)82)26(4)35(72-38)13-34-25(3)30(52(75-34)51-53-50(54(90)64(51,99)62(98)100-7)27(5)36(76-53)14-37(29)71-33)12-44(83)81-61(97)42(22-103)74-46(85)19-70-57(93)41(21-102)79-58(94)39(16-47(86)87)73-45(84)18-69-56(92)32(10-9-11-68-63(66)67)77-60(96)43(23-104)80-59(95)40(17-48(88)89)78-55(91)31(65)20-101;/h13-15,24-25,29-32,39-43,72,76,99,101-104H,8-12,16-23,65H2,1-7H3,(H,69,92)(H,70,93)(H,73,84)(H,74,85)(H,77,96)(H,78,91)(H,79,94)(H,80,95)(H,86,87)(H,88,89)(H4,66,67,68)(H,81,83,97);/q;+2/p-2/t24-,25+,29-,30+,31+,32+,39+,40+,41+,42+,43+,64?;/m1./s1. The predicted molar refractivity (Wildman–Crippen MR) is 381 cm³/mol. The number of aliphatic carboxylic acids is 2. The molecule has 41 heteroatoms. The van der Waals surface area contributed by atoms with E-state index in [9.17, 15) is 87.2 Å². The fourth-order valence-corrected chi connectivity index (χ4v) is 13.0. The van der Waals surface area contributed by atoms with Crippen molar-refractivity contribution in [2.24, 2.45) is 22.2 Å². The minimum absolute atomic E-state index is 0. The van der Waals surface area contributed by atoms with Crippen LogP contribution in [0.4, 0.5) is 0 Å². The van der Waals surface area contributed by atoms with Crippen molar-refractivity contribution in [1.29, 1.82) is 0 Å². The number of carboxylic acids is 2. The summed E-state index contributed by atoms with van der Waals surface area (Å²) in [6, 6.07) is -6.15. The molecule has 3 aromatic heterocycles. The van der Waals surface area contributed by atoms with E-state index in [1.165, 1.54) is 6.92 Å². The number of esters is 1. The number of H-pyrrole nitrogens is 2. The minimum atomic E-state index is -2.99. The Hall–Kier alpha value is -8.98. The number of carboxylic acid groups (broad SMARTS) is 2. The number of aryl methyl sites for hydroxylation is 2. The van der Waals surface area contributed by atoms with Gasteiger partial charge in [0.05, 0.1) is 48.5 Å². The van der Waals surface area contributed by atoms with Crippen LogP contribution in [0.25, 0.3) is 22.1 Å². The van der Waals surface area contributed by atoms with Crippen molar-refractivity contribution in [3.05, 3.63) is 68.8 Å². The number of nitrogens with one attached hydrogen (secondary N) is 11. The summed E-state index contributed by atoms with van der Waals surface area (Å²) >= 11 is 16.2.